The Balaban J connectivity index is 1.79. The van der Waals surface area contributed by atoms with Gasteiger partial charge in [0.2, 0.25) is 5.91 Å². The summed E-state index contributed by atoms with van der Waals surface area (Å²) in [6.45, 7) is 2.46. The molecule has 108 valence electrons. The first kappa shape index (κ1) is 13.6. The van der Waals surface area contributed by atoms with E-state index in [1.165, 1.54) is 12.0 Å². The van der Waals surface area contributed by atoms with E-state index >= 15 is 0 Å². The number of nitrogens with one attached hydrogen (secondary N) is 1. The number of nitrogens with zero attached hydrogens (tertiary/aromatic N) is 1. The lowest BCUT2D eigenvalue weighted by molar-refractivity contribution is -0.141. The maximum Gasteiger partial charge on any atom is 0.307 e. The summed E-state index contributed by atoms with van der Waals surface area (Å²) < 4.78 is 4.66. The van der Waals surface area contributed by atoms with Gasteiger partial charge in [-0.3, -0.25) is 14.9 Å². The van der Waals surface area contributed by atoms with Gasteiger partial charge in [0, 0.05) is 16.3 Å². The van der Waals surface area contributed by atoms with Crippen molar-refractivity contribution < 1.29 is 14.3 Å². The molecule has 0 radical (unpaired) electrons. The Morgan fingerprint density at radius 1 is 1.55 bits per heavy atom. The number of carbonyl (C=O) groups is 2. The maximum absolute atomic E-state index is 12.5. The van der Waals surface area contributed by atoms with Crippen LogP contribution in [0.1, 0.15) is 35.2 Å². The zero-order valence-corrected chi connectivity index (χ0v) is 12.5. The molecule has 1 amide bonds. The third-order valence-corrected chi connectivity index (χ3v) is 5.01. The Labute approximate surface area is 121 Å². The van der Waals surface area contributed by atoms with E-state index in [-0.39, 0.29) is 30.0 Å². The van der Waals surface area contributed by atoms with Crippen LogP contribution in [-0.2, 0) is 14.3 Å². The third kappa shape index (κ3) is 2.23. The van der Waals surface area contributed by atoms with Crippen LogP contribution >= 0.6 is 11.3 Å². The molecule has 2 aliphatic rings. The van der Waals surface area contributed by atoms with Crippen LogP contribution in [0.3, 0.4) is 0 Å². The van der Waals surface area contributed by atoms with Crippen LogP contribution in [0.5, 0.6) is 0 Å². The van der Waals surface area contributed by atoms with Crippen molar-refractivity contribution in [3.8, 4) is 0 Å². The lowest BCUT2D eigenvalue weighted by Crippen LogP contribution is -2.33. The first-order valence-electron chi connectivity index (χ1n) is 6.78. The summed E-state index contributed by atoms with van der Waals surface area (Å²) in [5.41, 5.74) is -0.362. The molecule has 6 heteroatoms. The van der Waals surface area contributed by atoms with Crippen LogP contribution in [0.25, 0.3) is 0 Å². The molecular weight excluding hydrogens is 276 g/mol. The van der Waals surface area contributed by atoms with Crippen molar-refractivity contribution in [2.24, 2.45) is 0 Å². The van der Waals surface area contributed by atoms with Gasteiger partial charge in [-0.1, -0.05) is 0 Å². The predicted octanol–water partition coefficient (Wildman–Crippen LogP) is 1.58. The van der Waals surface area contributed by atoms with Gasteiger partial charge in [-0.2, -0.15) is 0 Å². The first-order valence-corrected chi connectivity index (χ1v) is 7.59. The smallest absolute Gasteiger partial charge is 0.307 e. The van der Waals surface area contributed by atoms with E-state index in [2.05, 4.69) is 29.1 Å². The minimum absolute atomic E-state index is 0.103. The summed E-state index contributed by atoms with van der Waals surface area (Å²) in [5, 5.41) is 3.45. The Morgan fingerprint density at radius 3 is 2.85 bits per heavy atom. The van der Waals surface area contributed by atoms with Crippen LogP contribution in [-0.4, -0.2) is 36.0 Å². The molecule has 0 bridgehead atoms. The molecule has 3 rings (SSSR count). The number of methoxy groups -OCH3 is 1. The maximum atomic E-state index is 12.5. The van der Waals surface area contributed by atoms with Crippen LogP contribution in [0.4, 0.5) is 0 Å². The van der Waals surface area contributed by atoms with Gasteiger partial charge in [-0.05, 0) is 31.9 Å². The SMILES string of the molecule is COC(=O)CCN1C(=O)C2(CC2)NC1c1ccc(C)s1. The van der Waals surface area contributed by atoms with Crippen molar-refractivity contribution in [3.63, 3.8) is 0 Å². The zero-order chi connectivity index (χ0) is 14.3. The van der Waals surface area contributed by atoms with Crippen LogP contribution < -0.4 is 5.32 Å². The van der Waals surface area contributed by atoms with Crippen molar-refractivity contribution in [3.05, 3.63) is 21.9 Å². The highest BCUT2D eigenvalue weighted by molar-refractivity contribution is 7.12. The van der Waals surface area contributed by atoms with E-state index in [0.29, 0.717) is 6.54 Å². The van der Waals surface area contributed by atoms with E-state index in [1.54, 1.807) is 16.2 Å². The van der Waals surface area contributed by atoms with E-state index in [1.807, 2.05) is 0 Å². The lowest BCUT2D eigenvalue weighted by Gasteiger charge is -2.22. The normalized spacial score (nSPS) is 23.4. The quantitative estimate of drug-likeness (QED) is 0.857. The van der Waals surface area contributed by atoms with E-state index in [9.17, 15) is 9.59 Å². The zero-order valence-electron chi connectivity index (χ0n) is 11.6. The second kappa shape index (κ2) is 4.86. The summed E-state index contributed by atoms with van der Waals surface area (Å²) in [6.07, 6.45) is 1.91. The van der Waals surface area contributed by atoms with Crippen LogP contribution in [0.2, 0.25) is 0 Å². The summed E-state index contributed by atoms with van der Waals surface area (Å²) in [6, 6.07) is 4.11. The lowest BCUT2D eigenvalue weighted by atomic mass is 10.2. The molecule has 5 nitrogen and oxygen atoms in total. The first-order chi connectivity index (χ1) is 9.55. The number of aryl methyl sites for hydroxylation is 1. The van der Waals surface area contributed by atoms with E-state index in [4.69, 9.17) is 0 Å². The number of ether oxygens (including phenoxy) is 1. The van der Waals surface area contributed by atoms with E-state index < -0.39 is 0 Å². The molecule has 1 aromatic rings. The molecule has 20 heavy (non-hydrogen) atoms. The van der Waals surface area contributed by atoms with Gasteiger partial charge in [0.05, 0.1) is 13.5 Å². The van der Waals surface area contributed by atoms with E-state index in [0.717, 1.165) is 17.7 Å². The minimum Gasteiger partial charge on any atom is -0.469 e. The number of carbonyl (C=O) groups excluding carboxylic acids is 2. The summed E-state index contributed by atoms with van der Waals surface area (Å²) >= 11 is 1.69. The highest BCUT2D eigenvalue weighted by Crippen LogP contribution is 2.46. The third-order valence-electron chi connectivity index (χ3n) is 3.96. The number of amides is 1. The van der Waals surface area contributed by atoms with Gasteiger partial charge in [-0.15, -0.1) is 11.3 Å². The van der Waals surface area contributed by atoms with Gasteiger partial charge >= 0.3 is 5.97 Å². The molecule has 2 fully saturated rings. The molecule has 1 aliphatic heterocycles. The highest BCUT2D eigenvalue weighted by atomic mass is 32.1. The van der Waals surface area contributed by atoms with Crippen molar-refractivity contribution in [2.75, 3.05) is 13.7 Å². The molecule has 1 saturated carbocycles. The number of hydrogen-bond donors (Lipinski definition) is 1. The molecule has 1 saturated heterocycles. The van der Waals surface area contributed by atoms with Crippen LogP contribution in [0.15, 0.2) is 12.1 Å². The molecular formula is C14H18N2O3S. The minimum atomic E-state index is -0.362. The number of hydrogen-bond acceptors (Lipinski definition) is 5. The Hall–Kier alpha value is -1.40. The second-order valence-corrected chi connectivity index (χ2v) is 6.72. The Morgan fingerprint density at radius 2 is 2.30 bits per heavy atom. The monoisotopic (exact) mass is 294 g/mol. The Kier molecular flexibility index (Phi) is 3.30. The van der Waals surface area contributed by atoms with Gasteiger partial charge in [0.1, 0.15) is 11.7 Å². The molecule has 2 heterocycles. The predicted molar refractivity (Wildman–Crippen MR) is 75.2 cm³/mol. The highest BCUT2D eigenvalue weighted by Gasteiger charge is 2.59. The van der Waals surface area contributed by atoms with Crippen LogP contribution in [0, 0.1) is 6.92 Å². The fourth-order valence-corrected chi connectivity index (χ4v) is 3.59. The van der Waals surface area contributed by atoms with Crippen molar-refractivity contribution in [2.45, 2.75) is 37.9 Å². The molecule has 1 aliphatic carbocycles. The average Bonchev–Trinajstić information content (AvgIpc) is 3.02. The number of esters is 1. The number of rotatable bonds is 4. The van der Waals surface area contributed by atoms with Crippen molar-refractivity contribution in [1.29, 1.82) is 0 Å². The van der Waals surface area contributed by atoms with Crippen molar-refractivity contribution >= 4 is 23.2 Å². The number of thiophene rings is 1. The molecule has 1 N–H and O–H groups in total. The van der Waals surface area contributed by atoms with Gasteiger partial charge < -0.3 is 9.64 Å². The standard InChI is InChI=1S/C14H18N2O3S/c1-9-3-4-10(20-9)12-15-14(6-7-14)13(18)16(12)8-5-11(17)19-2/h3-4,12,15H,5-8H2,1-2H3. The average molecular weight is 294 g/mol. The summed E-state index contributed by atoms with van der Waals surface area (Å²) in [7, 11) is 1.37. The second-order valence-electron chi connectivity index (χ2n) is 5.40. The van der Waals surface area contributed by atoms with Gasteiger partial charge in [0.25, 0.3) is 0 Å². The molecule has 1 atom stereocenters. The fraction of sp³-hybridized carbons (Fsp3) is 0.571. The van der Waals surface area contributed by atoms with Crippen molar-refractivity contribution in [1.82, 2.24) is 10.2 Å². The molecule has 0 aromatic carbocycles. The summed E-state index contributed by atoms with van der Waals surface area (Å²) in [4.78, 5) is 28.0. The summed E-state index contributed by atoms with van der Waals surface area (Å²) in [5.74, 6) is -0.159. The van der Waals surface area contributed by atoms with Gasteiger partial charge in [-0.25, -0.2) is 0 Å². The molecule has 1 aromatic heterocycles. The molecule has 1 spiro atoms. The largest absolute Gasteiger partial charge is 0.469 e. The topological polar surface area (TPSA) is 58.6 Å². The Bertz CT molecular complexity index is 550. The molecule has 1 unspecified atom stereocenters. The van der Waals surface area contributed by atoms with Gasteiger partial charge in [0.15, 0.2) is 0 Å². The fourth-order valence-electron chi connectivity index (χ4n) is 2.65.